The Morgan fingerprint density at radius 3 is 2.31 bits per heavy atom. The van der Waals surface area contributed by atoms with Gasteiger partial charge < -0.3 is 19.7 Å². The maximum Gasteiger partial charge on any atom is 0.239 e. The first-order chi connectivity index (χ1) is 13.5. The highest BCUT2D eigenvalue weighted by Crippen LogP contribution is 2.14. The molecule has 0 aliphatic carbocycles. The van der Waals surface area contributed by atoms with Gasteiger partial charge in [0.15, 0.2) is 11.8 Å². The maximum absolute atomic E-state index is 12.7. The summed E-state index contributed by atoms with van der Waals surface area (Å²) in [5, 5.41) is 11.7. The molecule has 3 rings (SSSR count). The van der Waals surface area contributed by atoms with Crippen molar-refractivity contribution in [1.82, 2.24) is 34.8 Å². The number of aliphatic imine (C=N–C) groups is 1. The van der Waals surface area contributed by atoms with Crippen LogP contribution in [0.2, 0.25) is 0 Å². The lowest BCUT2D eigenvalue weighted by atomic mass is 10.2. The zero-order chi connectivity index (χ0) is 20.1. The van der Waals surface area contributed by atoms with Crippen molar-refractivity contribution in [2.75, 3.05) is 45.8 Å². The van der Waals surface area contributed by atoms with Crippen LogP contribution in [-0.4, -0.2) is 93.2 Å². The molecule has 1 N–H and O–H groups in total. The van der Waals surface area contributed by atoms with Gasteiger partial charge in [0, 0.05) is 52.9 Å². The Hall–Kier alpha value is -1.43. The molecule has 29 heavy (non-hydrogen) atoms. The second-order valence-corrected chi connectivity index (χ2v) is 7.62. The normalized spacial score (nSPS) is 19.2. The average Bonchev–Trinajstić information content (AvgIpc) is 3.36. The lowest BCUT2D eigenvalue weighted by Gasteiger charge is -2.39. The third-order valence-corrected chi connectivity index (χ3v) is 5.82. The second-order valence-electron chi connectivity index (χ2n) is 7.62. The molecule has 9 nitrogen and oxygen atoms in total. The largest absolute Gasteiger partial charge is 0.357 e. The molecule has 1 amide bonds. The van der Waals surface area contributed by atoms with Crippen molar-refractivity contribution in [2.24, 2.45) is 12.0 Å². The van der Waals surface area contributed by atoms with Crippen LogP contribution in [0.5, 0.6) is 0 Å². The Labute approximate surface area is 190 Å². The lowest BCUT2D eigenvalue weighted by molar-refractivity contribution is -0.135. The molecule has 2 aliphatic rings. The maximum atomic E-state index is 12.7. The zero-order valence-corrected chi connectivity index (χ0v) is 20.4. The third kappa shape index (κ3) is 5.80. The minimum atomic E-state index is -0.0404. The number of nitrogens with zero attached hydrogens (tertiary/aromatic N) is 7. The number of carbonyl (C=O) groups is 1. The molecular weight excluding hydrogens is 483 g/mol. The van der Waals surface area contributed by atoms with E-state index in [9.17, 15) is 4.79 Å². The molecule has 0 radical (unpaired) electrons. The van der Waals surface area contributed by atoms with Crippen LogP contribution in [0.25, 0.3) is 0 Å². The van der Waals surface area contributed by atoms with Crippen molar-refractivity contribution >= 4 is 35.8 Å². The van der Waals surface area contributed by atoms with Gasteiger partial charge in [-0.3, -0.25) is 9.69 Å². The second kappa shape index (κ2) is 11.1. The van der Waals surface area contributed by atoms with Crippen molar-refractivity contribution in [1.29, 1.82) is 0 Å². The Kier molecular flexibility index (Phi) is 9.12. The number of carbonyl (C=O) groups excluding carboxylic acids is 1. The molecule has 2 aliphatic heterocycles. The quantitative estimate of drug-likeness (QED) is 0.354. The Balaban J connectivity index is 0.00000300. The van der Waals surface area contributed by atoms with E-state index in [4.69, 9.17) is 4.99 Å². The Morgan fingerprint density at radius 1 is 1.10 bits per heavy atom. The summed E-state index contributed by atoms with van der Waals surface area (Å²) in [6.07, 6.45) is 2.28. The standard InChI is InChI=1S/C19H34N8O.HI/c1-5-20-19(21-14-17-23-22-16(3)24(17)4)27-12-10-25(11-13-27)15(2)18(28)26-8-6-7-9-26;/h15H,5-14H2,1-4H3,(H,20,21);1H. The Bertz CT molecular complexity index is 692. The van der Waals surface area contributed by atoms with Crippen LogP contribution in [0.3, 0.4) is 0 Å². The average molecular weight is 518 g/mol. The predicted molar refractivity (Wildman–Crippen MR) is 124 cm³/mol. The topological polar surface area (TPSA) is 81.9 Å². The fourth-order valence-corrected chi connectivity index (χ4v) is 3.84. The van der Waals surface area contributed by atoms with Crippen LogP contribution in [-0.2, 0) is 18.4 Å². The fraction of sp³-hybridized carbons (Fsp3) is 0.789. The molecule has 0 spiro atoms. The van der Waals surface area contributed by atoms with Gasteiger partial charge in [0.1, 0.15) is 12.4 Å². The predicted octanol–water partition coefficient (Wildman–Crippen LogP) is 0.836. The van der Waals surface area contributed by atoms with E-state index in [2.05, 4.69) is 32.2 Å². The first-order valence-electron chi connectivity index (χ1n) is 10.4. The van der Waals surface area contributed by atoms with E-state index in [0.717, 1.165) is 76.3 Å². The van der Waals surface area contributed by atoms with Crippen molar-refractivity contribution in [3.05, 3.63) is 11.6 Å². The lowest BCUT2D eigenvalue weighted by Crippen LogP contribution is -2.57. The minimum Gasteiger partial charge on any atom is -0.357 e. The molecule has 1 aromatic rings. The van der Waals surface area contributed by atoms with Crippen molar-refractivity contribution in [3.63, 3.8) is 0 Å². The van der Waals surface area contributed by atoms with Gasteiger partial charge in [-0.05, 0) is 33.6 Å². The molecule has 0 saturated carbocycles. The molecule has 1 atom stereocenters. The van der Waals surface area contributed by atoms with Gasteiger partial charge in [-0.1, -0.05) is 0 Å². The molecule has 2 saturated heterocycles. The molecule has 2 fully saturated rings. The summed E-state index contributed by atoms with van der Waals surface area (Å²) in [6.45, 7) is 12.7. The number of piperazine rings is 1. The zero-order valence-electron chi connectivity index (χ0n) is 18.1. The molecule has 0 bridgehead atoms. The summed E-state index contributed by atoms with van der Waals surface area (Å²) in [7, 11) is 1.96. The molecule has 0 aromatic carbocycles. The number of rotatable bonds is 5. The van der Waals surface area contributed by atoms with Gasteiger partial charge >= 0.3 is 0 Å². The summed E-state index contributed by atoms with van der Waals surface area (Å²) in [5.74, 6) is 2.93. The minimum absolute atomic E-state index is 0. The SMILES string of the molecule is CCNC(=NCc1nnc(C)n1C)N1CCN(C(C)C(=O)N2CCCC2)CC1.I. The van der Waals surface area contributed by atoms with E-state index in [1.807, 2.05) is 30.4 Å². The van der Waals surface area contributed by atoms with Crippen LogP contribution in [0.4, 0.5) is 0 Å². The number of hydrogen-bond acceptors (Lipinski definition) is 5. The van der Waals surface area contributed by atoms with Gasteiger partial charge in [0.2, 0.25) is 5.91 Å². The van der Waals surface area contributed by atoms with E-state index >= 15 is 0 Å². The van der Waals surface area contributed by atoms with Crippen LogP contribution >= 0.6 is 24.0 Å². The molecule has 3 heterocycles. The molecule has 164 valence electrons. The summed E-state index contributed by atoms with van der Waals surface area (Å²) >= 11 is 0. The molecule has 10 heteroatoms. The van der Waals surface area contributed by atoms with E-state index in [0.29, 0.717) is 6.54 Å². The smallest absolute Gasteiger partial charge is 0.239 e. The third-order valence-electron chi connectivity index (χ3n) is 5.82. The first kappa shape index (κ1) is 23.8. The number of likely N-dealkylation sites (tertiary alicyclic amines) is 1. The highest BCUT2D eigenvalue weighted by atomic mass is 127. The Morgan fingerprint density at radius 2 is 1.76 bits per heavy atom. The van der Waals surface area contributed by atoms with Crippen LogP contribution < -0.4 is 5.32 Å². The van der Waals surface area contributed by atoms with Gasteiger partial charge in [-0.15, -0.1) is 34.2 Å². The van der Waals surface area contributed by atoms with E-state index < -0.39 is 0 Å². The van der Waals surface area contributed by atoms with Crippen LogP contribution in [0.15, 0.2) is 4.99 Å². The summed E-state index contributed by atoms with van der Waals surface area (Å²) in [5.41, 5.74) is 0. The summed E-state index contributed by atoms with van der Waals surface area (Å²) < 4.78 is 1.97. The highest BCUT2D eigenvalue weighted by Gasteiger charge is 2.30. The van der Waals surface area contributed by atoms with E-state index in [-0.39, 0.29) is 35.9 Å². The molecule has 1 aromatic heterocycles. The summed E-state index contributed by atoms with van der Waals surface area (Å²) in [6, 6.07) is -0.0404. The number of amides is 1. The number of hydrogen-bond donors (Lipinski definition) is 1. The number of guanidine groups is 1. The number of halogens is 1. The van der Waals surface area contributed by atoms with Crippen molar-refractivity contribution < 1.29 is 4.79 Å². The summed E-state index contributed by atoms with van der Waals surface area (Å²) in [4.78, 5) is 24.0. The van der Waals surface area contributed by atoms with Crippen LogP contribution in [0, 0.1) is 6.92 Å². The molecular formula is C19H35IN8O. The fourth-order valence-electron chi connectivity index (χ4n) is 3.84. The monoisotopic (exact) mass is 518 g/mol. The number of nitrogens with one attached hydrogen (secondary N) is 1. The highest BCUT2D eigenvalue weighted by molar-refractivity contribution is 14.0. The van der Waals surface area contributed by atoms with Crippen molar-refractivity contribution in [3.8, 4) is 0 Å². The van der Waals surface area contributed by atoms with Gasteiger partial charge in [-0.2, -0.15) is 0 Å². The van der Waals surface area contributed by atoms with Crippen LogP contribution in [0.1, 0.15) is 38.3 Å². The first-order valence-corrected chi connectivity index (χ1v) is 10.4. The van der Waals surface area contributed by atoms with E-state index in [1.54, 1.807) is 0 Å². The van der Waals surface area contributed by atoms with E-state index in [1.165, 1.54) is 0 Å². The molecule has 1 unspecified atom stereocenters. The van der Waals surface area contributed by atoms with Crippen molar-refractivity contribution in [2.45, 2.75) is 46.2 Å². The van der Waals surface area contributed by atoms with Gasteiger partial charge in [0.25, 0.3) is 0 Å². The van der Waals surface area contributed by atoms with Gasteiger partial charge in [0.05, 0.1) is 6.04 Å². The number of aryl methyl sites for hydroxylation is 1. The number of aromatic nitrogens is 3. The van der Waals surface area contributed by atoms with Gasteiger partial charge in [-0.25, -0.2) is 4.99 Å².